The predicted octanol–water partition coefficient (Wildman–Crippen LogP) is 3.12. The molecule has 2 aromatic rings. The van der Waals surface area contributed by atoms with Crippen molar-refractivity contribution in [2.45, 2.75) is 12.2 Å². The number of pyridine rings is 1. The molecule has 0 saturated carbocycles. The monoisotopic (exact) mass is 384 g/mol. The summed E-state index contributed by atoms with van der Waals surface area (Å²) in [6, 6.07) is -1.00. The number of hydrogen-bond acceptors (Lipinski definition) is 5. The molecule has 3 rings (SSSR count). The van der Waals surface area contributed by atoms with Gasteiger partial charge in [-0.15, -0.1) is 0 Å². The molecule has 1 aliphatic rings. The van der Waals surface area contributed by atoms with Crippen molar-refractivity contribution in [3.05, 3.63) is 29.2 Å². The Balaban J connectivity index is 2.13. The minimum absolute atomic E-state index is 0.0898. The molecule has 4 N–H and O–H groups in total. The van der Waals surface area contributed by atoms with Crippen LogP contribution in [0.3, 0.4) is 0 Å². The van der Waals surface area contributed by atoms with Gasteiger partial charge in [0.15, 0.2) is 0 Å². The molecule has 24 heavy (non-hydrogen) atoms. The second-order valence-corrected chi connectivity index (χ2v) is 8.46. The fourth-order valence-electron chi connectivity index (χ4n) is 2.73. The van der Waals surface area contributed by atoms with Crippen LogP contribution in [0.25, 0.3) is 5.52 Å². The average Bonchev–Trinajstić information content (AvgIpc) is 2.96. The van der Waals surface area contributed by atoms with Gasteiger partial charge in [0.2, 0.25) is 0 Å². The Morgan fingerprint density at radius 1 is 1.29 bits per heavy atom. The number of nitrogens with zero attached hydrogens (tertiary/aromatic N) is 3. The molecule has 0 aromatic carbocycles. The fraction of sp³-hybridized carbons (Fsp3) is 0.462. The van der Waals surface area contributed by atoms with Gasteiger partial charge in [0, 0.05) is 18.7 Å². The number of imidazole rings is 1. The van der Waals surface area contributed by atoms with Crippen LogP contribution in [0.5, 0.6) is 0 Å². The Hall–Kier alpha value is -1.20. The van der Waals surface area contributed by atoms with Crippen LogP contribution in [0, 0.1) is 0 Å². The lowest BCUT2D eigenvalue weighted by molar-refractivity contribution is -0.149. The molecule has 0 spiro atoms. The lowest BCUT2D eigenvalue weighted by atomic mass is 10.1. The van der Waals surface area contributed by atoms with Crippen LogP contribution >= 0.6 is 22.2 Å². The normalized spacial score (nSPS) is 21.0. The van der Waals surface area contributed by atoms with E-state index in [4.69, 9.17) is 17.3 Å². The lowest BCUT2D eigenvalue weighted by Gasteiger charge is -2.42. The molecule has 2 aromatic heterocycles. The van der Waals surface area contributed by atoms with E-state index in [2.05, 4.69) is 4.98 Å². The number of aromatic nitrogens is 2. The molecule has 134 valence electrons. The average molecular weight is 385 g/mol. The first-order chi connectivity index (χ1) is 11.1. The molecular formula is C13H16ClF3N4O2S. The molecule has 0 aliphatic carbocycles. The predicted molar refractivity (Wildman–Crippen MR) is 88.0 cm³/mol. The largest absolute Gasteiger partial charge is 0.407 e. The van der Waals surface area contributed by atoms with Crippen molar-refractivity contribution in [3.63, 3.8) is 0 Å². The number of halogens is 4. The molecule has 1 fully saturated rings. The fourth-order valence-corrected chi connectivity index (χ4v) is 4.22. The third kappa shape index (κ3) is 3.16. The molecule has 0 radical (unpaired) electrons. The first-order valence-corrected chi connectivity index (χ1v) is 9.32. The topological polar surface area (TPSA) is 87.0 Å². The SMILES string of the molecule is NC(c1cc(Cl)c2cncn2c1N1CCS(O)(O)CC1)C(F)(F)F. The standard InChI is InChI=1S/C13H16ClF3N4O2S/c14-9-5-8(11(18)13(15,16)17)12(21-7-19-6-10(9)21)20-1-3-24(22,23)4-2-20/h5-7,11,22-23H,1-4,18H2. The second-order valence-electron chi connectivity index (χ2n) is 5.64. The number of hydrogen-bond donors (Lipinski definition) is 3. The zero-order valence-electron chi connectivity index (χ0n) is 12.4. The Morgan fingerprint density at radius 3 is 2.50 bits per heavy atom. The van der Waals surface area contributed by atoms with Crippen LogP contribution < -0.4 is 10.6 Å². The molecule has 0 bridgehead atoms. The first-order valence-electron chi connectivity index (χ1n) is 7.05. The Labute approximate surface area is 142 Å². The van der Waals surface area contributed by atoms with E-state index >= 15 is 0 Å². The summed E-state index contributed by atoms with van der Waals surface area (Å²) in [5.41, 5.74) is 5.71. The van der Waals surface area contributed by atoms with E-state index in [1.165, 1.54) is 23.0 Å². The summed E-state index contributed by atoms with van der Waals surface area (Å²) >= 11 is 6.08. The van der Waals surface area contributed by atoms with Gasteiger partial charge in [-0.05, 0) is 6.07 Å². The van der Waals surface area contributed by atoms with E-state index in [-0.39, 0.29) is 41.0 Å². The van der Waals surface area contributed by atoms with Gasteiger partial charge in [0.25, 0.3) is 0 Å². The zero-order chi connectivity index (χ0) is 17.7. The highest BCUT2D eigenvalue weighted by Gasteiger charge is 2.41. The van der Waals surface area contributed by atoms with Gasteiger partial charge >= 0.3 is 6.18 Å². The summed E-state index contributed by atoms with van der Waals surface area (Å²) in [6.07, 6.45) is -1.81. The van der Waals surface area contributed by atoms with Crippen LogP contribution in [0.1, 0.15) is 11.6 Å². The van der Waals surface area contributed by atoms with E-state index in [9.17, 15) is 22.3 Å². The van der Waals surface area contributed by atoms with Crippen LogP contribution in [-0.2, 0) is 0 Å². The highest BCUT2D eigenvalue weighted by Crippen LogP contribution is 2.44. The minimum atomic E-state index is -4.63. The molecule has 1 atom stereocenters. The number of alkyl halides is 3. The van der Waals surface area contributed by atoms with Gasteiger partial charge in [-0.2, -0.15) is 23.8 Å². The Kier molecular flexibility index (Phi) is 4.37. The molecule has 3 heterocycles. The second kappa shape index (κ2) is 5.95. The van der Waals surface area contributed by atoms with E-state index in [0.717, 1.165) is 0 Å². The summed E-state index contributed by atoms with van der Waals surface area (Å²) < 4.78 is 60.4. The van der Waals surface area contributed by atoms with E-state index in [0.29, 0.717) is 5.52 Å². The van der Waals surface area contributed by atoms with Crippen LogP contribution in [0.2, 0.25) is 5.02 Å². The van der Waals surface area contributed by atoms with Crippen LogP contribution in [0.4, 0.5) is 19.0 Å². The van der Waals surface area contributed by atoms with Gasteiger partial charge < -0.3 is 10.6 Å². The number of anilines is 1. The van der Waals surface area contributed by atoms with E-state index in [1.807, 2.05) is 0 Å². The molecule has 1 aliphatic heterocycles. The van der Waals surface area contributed by atoms with Gasteiger partial charge in [-0.25, -0.2) is 4.98 Å². The van der Waals surface area contributed by atoms with Crippen LogP contribution in [-0.4, -0.2) is 49.3 Å². The lowest BCUT2D eigenvalue weighted by Crippen LogP contribution is -2.41. The van der Waals surface area contributed by atoms with Gasteiger partial charge in [-0.1, -0.05) is 11.6 Å². The van der Waals surface area contributed by atoms with Crippen LogP contribution in [0.15, 0.2) is 18.6 Å². The molecule has 1 saturated heterocycles. The van der Waals surface area contributed by atoms with Gasteiger partial charge in [0.1, 0.15) is 18.2 Å². The van der Waals surface area contributed by atoms with Crippen molar-refractivity contribution >= 4 is 33.5 Å². The van der Waals surface area contributed by atoms with E-state index < -0.39 is 22.8 Å². The number of fused-ring (bicyclic) bond motifs is 1. The quantitative estimate of drug-likeness (QED) is 0.740. The summed E-state index contributed by atoms with van der Waals surface area (Å²) in [6.45, 7) is 0.406. The highest BCUT2D eigenvalue weighted by molar-refractivity contribution is 8.24. The third-order valence-electron chi connectivity index (χ3n) is 4.02. The molecule has 6 nitrogen and oxygen atoms in total. The first kappa shape index (κ1) is 17.6. The van der Waals surface area contributed by atoms with Gasteiger partial charge in [-0.3, -0.25) is 13.5 Å². The van der Waals surface area contributed by atoms with Gasteiger partial charge in [0.05, 0.1) is 28.2 Å². The summed E-state index contributed by atoms with van der Waals surface area (Å²) in [4.78, 5) is 5.60. The van der Waals surface area contributed by atoms with Crippen molar-refractivity contribution in [3.8, 4) is 0 Å². The molecule has 1 unspecified atom stereocenters. The summed E-state index contributed by atoms with van der Waals surface area (Å²) in [5, 5.41) is 0.118. The smallest absolute Gasteiger partial charge is 0.354 e. The zero-order valence-corrected chi connectivity index (χ0v) is 13.9. The number of rotatable bonds is 2. The Bertz CT molecular complexity index is 757. The van der Waals surface area contributed by atoms with Crippen molar-refractivity contribution in [1.29, 1.82) is 0 Å². The summed E-state index contributed by atoms with van der Waals surface area (Å²) in [7, 11) is -2.68. The molecule has 11 heteroatoms. The molecule has 0 amide bonds. The third-order valence-corrected chi connectivity index (χ3v) is 5.99. The highest BCUT2D eigenvalue weighted by atomic mass is 35.5. The van der Waals surface area contributed by atoms with E-state index in [1.54, 1.807) is 4.90 Å². The van der Waals surface area contributed by atoms with Crippen molar-refractivity contribution in [2.24, 2.45) is 5.73 Å². The summed E-state index contributed by atoms with van der Waals surface area (Å²) in [5.74, 6) is 0.408. The minimum Gasteiger partial charge on any atom is -0.354 e. The van der Waals surface area contributed by atoms with Crippen molar-refractivity contribution in [1.82, 2.24) is 9.38 Å². The van der Waals surface area contributed by atoms with Crippen molar-refractivity contribution < 1.29 is 22.3 Å². The maximum absolute atomic E-state index is 13.2. The maximum Gasteiger partial charge on any atom is 0.407 e. The number of nitrogens with two attached hydrogens (primary N) is 1. The molecular weight excluding hydrogens is 369 g/mol. The Morgan fingerprint density at radius 2 is 1.92 bits per heavy atom. The van der Waals surface area contributed by atoms with Crippen molar-refractivity contribution in [2.75, 3.05) is 29.5 Å². The maximum atomic E-state index is 13.2.